The van der Waals surface area contributed by atoms with Gasteiger partial charge < -0.3 is 4.74 Å². The van der Waals surface area contributed by atoms with Gasteiger partial charge >= 0.3 is 0 Å². The first kappa shape index (κ1) is 14.6. The molecule has 1 aromatic heterocycles. The Bertz CT molecular complexity index is 563. The number of aromatic nitrogens is 1. The Balaban J connectivity index is 2.14. The molecule has 0 N–H and O–H groups in total. The Morgan fingerprint density at radius 2 is 1.85 bits per heavy atom. The summed E-state index contributed by atoms with van der Waals surface area (Å²) < 4.78 is 5.29. The van der Waals surface area contributed by atoms with Crippen molar-refractivity contribution >= 4 is 0 Å². The average Bonchev–Trinajstić information content (AvgIpc) is 2.47. The highest BCUT2D eigenvalue weighted by Gasteiger charge is 2.10. The fourth-order valence-electron chi connectivity index (χ4n) is 2.35. The Morgan fingerprint density at radius 1 is 1.05 bits per heavy atom. The summed E-state index contributed by atoms with van der Waals surface area (Å²) in [7, 11) is 1.71. The van der Waals surface area contributed by atoms with E-state index in [4.69, 9.17) is 4.74 Å². The number of ether oxygens (including phenoxy) is 1. The summed E-state index contributed by atoms with van der Waals surface area (Å²) in [6, 6.07) is 12.6. The van der Waals surface area contributed by atoms with Crippen LogP contribution in [0.5, 0.6) is 5.75 Å². The molecule has 0 saturated heterocycles. The molecule has 0 amide bonds. The second kappa shape index (κ2) is 6.56. The number of nitrogens with zero attached hydrogens (tertiary/aromatic N) is 1. The van der Waals surface area contributed by atoms with E-state index < -0.39 is 0 Å². The molecule has 0 spiro atoms. The van der Waals surface area contributed by atoms with Gasteiger partial charge in [0.15, 0.2) is 0 Å². The molecule has 20 heavy (non-hydrogen) atoms. The zero-order valence-electron chi connectivity index (χ0n) is 12.8. The molecule has 2 rings (SSSR count). The van der Waals surface area contributed by atoms with Crippen LogP contribution in [0.1, 0.15) is 49.4 Å². The normalized spacial score (nSPS) is 12.4. The second-order valence-corrected chi connectivity index (χ2v) is 5.62. The first-order valence-corrected chi connectivity index (χ1v) is 7.19. The zero-order chi connectivity index (χ0) is 14.5. The number of rotatable bonds is 5. The maximum absolute atomic E-state index is 5.29. The molecule has 1 unspecified atom stereocenters. The van der Waals surface area contributed by atoms with Gasteiger partial charge in [0.2, 0.25) is 0 Å². The molecule has 2 nitrogen and oxygen atoms in total. The van der Waals surface area contributed by atoms with Gasteiger partial charge in [-0.25, -0.2) is 0 Å². The molecule has 0 radical (unpaired) electrons. The van der Waals surface area contributed by atoms with Gasteiger partial charge in [-0.2, -0.15) is 0 Å². The van der Waals surface area contributed by atoms with Crippen molar-refractivity contribution in [1.82, 2.24) is 4.98 Å². The minimum absolute atomic E-state index is 0.431. The molecule has 0 bridgehead atoms. The first-order valence-electron chi connectivity index (χ1n) is 7.19. The highest BCUT2D eigenvalue weighted by Crippen LogP contribution is 2.24. The van der Waals surface area contributed by atoms with Crippen LogP contribution >= 0.6 is 0 Å². The van der Waals surface area contributed by atoms with Gasteiger partial charge in [-0.05, 0) is 53.6 Å². The zero-order valence-corrected chi connectivity index (χ0v) is 12.8. The molecular formula is C18H23NO. The largest absolute Gasteiger partial charge is 0.497 e. The van der Waals surface area contributed by atoms with E-state index in [0.717, 1.165) is 17.9 Å². The van der Waals surface area contributed by atoms with Crippen LogP contribution in [0, 0.1) is 0 Å². The predicted octanol–water partition coefficient (Wildman–Crippen LogP) is 4.56. The predicted molar refractivity (Wildman–Crippen MR) is 83.4 cm³/mol. The van der Waals surface area contributed by atoms with Gasteiger partial charge in [0.25, 0.3) is 0 Å². The van der Waals surface area contributed by atoms with E-state index >= 15 is 0 Å². The lowest BCUT2D eigenvalue weighted by Crippen LogP contribution is -2.02. The van der Waals surface area contributed by atoms with Gasteiger partial charge in [0.05, 0.1) is 7.11 Å². The molecular weight excluding hydrogens is 246 g/mol. The van der Waals surface area contributed by atoms with Crippen molar-refractivity contribution in [2.24, 2.45) is 0 Å². The van der Waals surface area contributed by atoms with Crippen molar-refractivity contribution in [3.8, 4) is 5.75 Å². The summed E-state index contributed by atoms with van der Waals surface area (Å²) in [5.74, 6) is 1.89. The minimum Gasteiger partial charge on any atom is -0.497 e. The summed E-state index contributed by atoms with van der Waals surface area (Å²) in [5, 5.41) is 0. The molecule has 1 atom stereocenters. The number of benzene rings is 1. The lowest BCUT2D eigenvalue weighted by atomic mass is 9.94. The molecule has 1 heterocycles. The lowest BCUT2D eigenvalue weighted by molar-refractivity contribution is 0.414. The molecule has 2 aromatic rings. The van der Waals surface area contributed by atoms with Crippen LogP contribution in [0.4, 0.5) is 0 Å². The van der Waals surface area contributed by atoms with Crippen LogP contribution in [0.3, 0.4) is 0 Å². The Kier molecular flexibility index (Phi) is 4.78. The first-order chi connectivity index (χ1) is 9.60. The number of pyridine rings is 1. The molecule has 2 heteroatoms. The van der Waals surface area contributed by atoms with E-state index in [-0.39, 0.29) is 0 Å². The Morgan fingerprint density at radius 3 is 2.55 bits per heavy atom. The minimum atomic E-state index is 0.431. The summed E-state index contributed by atoms with van der Waals surface area (Å²) in [6.45, 7) is 6.66. The quantitative estimate of drug-likeness (QED) is 0.794. The van der Waals surface area contributed by atoms with Crippen LogP contribution in [-0.4, -0.2) is 12.1 Å². The van der Waals surface area contributed by atoms with E-state index in [1.54, 1.807) is 7.11 Å². The van der Waals surface area contributed by atoms with E-state index in [0.29, 0.717) is 11.8 Å². The molecule has 0 aliphatic carbocycles. The highest BCUT2D eigenvalue weighted by molar-refractivity contribution is 5.31. The Labute approximate surface area is 121 Å². The van der Waals surface area contributed by atoms with E-state index in [1.807, 2.05) is 18.3 Å². The third-order valence-electron chi connectivity index (χ3n) is 3.69. The topological polar surface area (TPSA) is 22.1 Å². The smallest absolute Gasteiger partial charge is 0.119 e. The molecule has 0 aliphatic heterocycles. The standard InChI is InChI=1S/C18H23NO/c1-13(2)15-8-9-19-17(11-15)10-14(3)16-6-5-7-18(12-16)20-4/h5-9,11-14H,10H2,1-4H3. The maximum Gasteiger partial charge on any atom is 0.119 e. The lowest BCUT2D eigenvalue weighted by Gasteiger charge is -2.14. The van der Waals surface area contributed by atoms with E-state index in [9.17, 15) is 0 Å². The van der Waals surface area contributed by atoms with Crippen molar-refractivity contribution in [1.29, 1.82) is 0 Å². The number of methoxy groups -OCH3 is 1. The van der Waals surface area contributed by atoms with Crippen molar-refractivity contribution in [3.05, 3.63) is 59.4 Å². The van der Waals surface area contributed by atoms with E-state index in [1.165, 1.54) is 11.1 Å². The summed E-state index contributed by atoms with van der Waals surface area (Å²) in [4.78, 5) is 4.50. The summed E-state index contributed by atoms with van der Waals surface area (Å²) >= 11 is 0. The third-order valence-corrected chi connectivity index (χ3v) is 3.69. The van der Waals surface area contributed by atoms with Crippen molar-refractivity contribution in [3.63, 3.8) is 0 Å². The van der Waals surface area contributed by atoms with Crippen LogP contribution in [-0.2, 0) is 6.42 Å². The summed E-state index contributed by atoms with van der Waals surface area (Å²) in [6.07, 6.45) is 2.87. The van der Waals surface area contributed by atoms with Crippen LogP contribution in [0.25, 0.3) is 0 Å². The fourth-order valence-corrected chi connectivity index (χ4v) is 2.35. The molecule has 0 saturated carbocycles. The molecule has 0 aliphatic rings. The second-order valence-electron chi connectivity index (χ2n) is 5.62. The molecule has 106 valence electrons. The van der Waals surface area contributed by atoms with Crippen molar-refractivity contribution in [2.75, 3.05) is 7.11 Å². The molecule has 0 fully saturated rings. The van der Waals surface area contributed by atoms with Gasteiger partial charge in [-0.1, -0.05) is 32.9 Å². The number of hydrogen-bond acceptors (Lipinski definition) is 2. The van der Waals surface area contributed by atoms with Crippen molar-refractivity contribution < 1.29 is 4.74 Å². The van der Waals surface area contributed by atoms with Crippen LogP contribution in [0.2, 0.25) is 0 Å². The van der Waals surface area contributed by atoms with Crippen molar-refractivity contribution in [2.45, 2.75) is 39.0 Å². The average molecular weight is 269 g/mol. The van der Waals surface area contributed by atoms with Gasteiger partial charge in [0, 0.05) is 11.9 Å². The van der Waals surface area contributed by atoms with Gasteiger partial charge in [-0.15, -0.1) is 0 Å². The van der Waals surface area contributed by atoms with Crippen LogP contribution in [0.15, 0.2) is 42.6 Å². The van der Waals surface area contributed by atoms with E-state index in [2.05, 4.69) is 50.0 Å². The Hall–Kier alpha value is -1.83. The monoisotopic (exact) mass is 269 g/mol. The highest BCUT2D eigenvalue weighted by atomic mass is 16.5. The SMILES string of the molecule is COc1cccc(C(C)Cc2cc(C(C)C)ccn2)c1. The fraction of sp³-hybridized carbons (Fsp3) is 0.389. The maximum atomic E-state index is 5.29. The summed E-state index contributed by atoms with van der Waals surface area (Å²) in [5.41, 5.74) is 3.81. The number of hydrogen-bond donors (Lipinski definition) is 0. The van der Waals surface area contributed by atoms with Crippen LogP contribution < -0.4 is 4.74 Å². The third kappa shape index (κ3) is 3.60. The van der Waals surface area contributed by atoms with Gasteiger partial charge in [0.1, 0.15) is 5.75 Å². The van der Waals surface area contributed by atoms with Gasteiger partial charge in [-0.3, -0.25) is 4.98 Å². The molecule has 1 aromatic carbocycles.